The summed E-state index contributed by atoms with van der Waals surface area (Å²) >= 11 is 0. The molecule has 2 rings (SSSR count). The lowest BCUT2D eigenvalue weighted by Crippen LogP contribution is -2.50. The van der Waals surface area contributed by atoms with Crippen LogP contribution in [0.15, 0.2) is 18.3 Å². The van der Waals surface area contributed by atoms with Gasteiger partial charge < -0.3 is 10.0 Å². The second kappa shape index (κ2) is 6.12. The Morgan fingerprint density at radius 1 is 1.47 bits per heavy atom. The Morgan fingerprint density at radius 2 is 2.26 bits per heavy atom. The number of carboxylic acids is 1. The molecule has 0 bridgehead atoms. The lowest BCUT2D eigenvalue weighted by molar-refractivity contribution is 0.0696. The zero-order valence-electron chi connectivity index (χ0n) is 11.5. The number of hydrogen-bond donors (Lipinski definition) is 1. The number of rotatable bonds is 4. The predicted octanol–water partition coefficient (Wildman–Crippen LogP) is 1.31. The number of carboxylic acid groups (broad SMARTS) is 1. The fourth-order valence-corrected chi connectivity index (χ4v) is 2.47. The van der Waals surface area contributed by atoms with Crippen LogP contribution >= 0.6 is 0 Å². The molecule has 104 valence electrons. The zero-order valence-corrected chi connectivity index (χ0v) is 11.5. The molecule has 0 saturated carbocycles. The van der Waals surface area contributed by atoms with Gasteiger partial charge in [-0.2, -0.15) is 0 Å². The largest absolute Gasteiger partial charge is 0.478 e. The minimum Gasteiger partial charge on any atom is -0.478 e. The molecule has 19 heavy (non-hydrogen) atoms. The van der Waals surface area contributed by atoms with E-state index in [2.05, 4.69) is 28.8 Å². The van der Waals surface area contributed by atoms with E-state index < -0.39 is 5.97 Å². The SMILES string of the molecule is CCC1CN(Cc2ccc(C(=O)O)cn2)CCN1C. The number of nitrogens with zero attached hydrogens (tertiary/aromatic N) is 3. The molecular weight excluding hydrogens is 242 g/mol. The third-order valence-corrected chi connectivity index (χ3v) is 3.79. The maximum absolute atomic E-state index is 10.8. The highest BCUT2D eigenvalue weighted by Crippen LogP contribution is 2.13. The molecule has 1 fully saturated rings. The van der Waals surface area contributed by atoms with Gasteiger partial charge in [0.25, 0.3) is 0 Å². The molecule has 5 heteroatoms. The topological polar surface area (TPSA) is 56.7 Å². The highest BCUT2D eigenvalue weighted by Gasteiger charge is 2.22. The van der Waals surface area contributed by atoms with Gasteiger partial charge >= 0.3 is 5.97 Å². The molecular formula is C14H21N3O2. The van der Waals surface area contributed by atoms with Crippen LogP contribution in [0.4, 0.5) is 0 Å². The van der Waals surface area contributed by atoms with Crippen molar-refractivity contribution in [2.24, 2.45) is 0 Å². The van der Waals surface area contributed by atoms with Crippen molar-refractivity contribution in [1.29, 1.82) is 0 Å². The molecule has 1 aromatic heterocycles. The van der Waals surface area contributed by atoms with Gasteiger partial charge in [-0.1, -0.05) is 6.92 Å². The summed E-state index contributed by atoms with van der Waals surface area (Å²) in [7, 11) is 2.17. The van der Waals surface area contributed by atoms with Crippen molar-refractivity contribution in [1.82, 2.24) is 14.8 Å². The van der Waals surface area contributed by atoms with Gasteiger partial charge in [0.05, 0.1) is 11.3 Å². The van der Waals surface area contributed by atoms with Crippen LogP contribution in [0.3, 0.4) is 0 Å². The highest BCUT2D eigenvalue weighted by atomic mass is 16.4. The first-order valence-corrected chi connectivity index (χ1v) is 6.71. The molecule has 5 nitrogen and oxygen atoms in total. The van der Waals surface area contributed by atoms with Gasteiger partial charge in [-0.05, 0) is 25.6 Å². The third-order valence-electron chi connectivity index (χ3n) is 3.79. The Labute approximate surface area is 113 Å². The van der Waals surface area contributed by atoms with E-state index in [-0.39, 0.29) is 5.56 Å². The van der Waals surface area contributed by atoms with Gasteiger partial charge in [-0.25, -0.2) is 4.79 Å². The van der Waals surface area contributed by atoms with E-state index in [0.29, 0.717) is 6.04 Å². The highest BCUT2D eigenvalue weighted by molar-refractivity contribution is 5.87. The average molecular weight is 263 g/mol. The van der Waals surface area contributed by atoms with Crippen LogP contribution in [0.2, 0.25) is 0 Å². The molecule has 2 heterocycles. The van der Waals surface area contributed by atoms with Crippen molar-refractivity contribution >= 4 is 5.97 Å². The number of piperazine rings is 1. The molecule has 1 unspecified atom stereocenters. The van der Waals surface area contributed by atoms with Crippen LogP contribution in [-0.4, -0.2) is 58.6 Å². The Bertz CT molecular complexity index is 433. The van der Waals surface area contributed by atoms with Gasteiger partial charge in [-0.15, -0.1) is 0 Å². The smallest absolute Gasteiger partial charge is 0.337 e. The predicted molar refractivity (Wildman–Crippen MR) is 73.2 cm³/mol. The number of carbonyl (C=O) groups is 1. The monoisotopic (exact) mass is 263 g/mol. The minimum absolute atomic E-state index is 0.244. The van der Waals surface area contributed by atoms with Gasteiger partial charge in [0, 0.05) is 38.4 Å². The van der Waals surface area contributed by atoms with Crippen LogP contribution < -0.4 is 0 Å². The van der Waals surface area contributed by atoms with Crippen LogP contribution in [0.1, 0.15) is 29.4 Å². The van der Waals surface area contributed by atoms with Gasteiger partial charge in [0.1, 0.15) is 0 Å². The molecule has 0 aliphatic carbocycles. The van der Waals surface area contributed by atoms with Crippen LogP contribution in [0.5, 0.6) is 0 Å². The molecule has 1 aliphatic heterocycles. The van der Waals surface area contributed by atoms with E-state index in [0.717, 1.165) is 38.3 Å². The van der Waals surface area contributed by atoms with E-state index in [9.17, 15) is 4.79 Å². The standard InChI is InChI=1S/C14H21N3O2/c1-3-13-10-17(7-6-16(13)2)9-12-5-4-11(8-15-12)14(18)19/h4-5,8,13H,3,6-7,9-10H2,1-2H3,(H,18,19). The zero-order chi connectivity index (χ0) is 13.8. The number of aromatic nitrogens is 1. The van der Waals surface area contributed by atoms with Crippen LogP contribution in [0, 0.1) is 0 Å². The fraction of sp³-hybridized carbons (Fsp3) is 0.571. The Hall–Kier alpha value is -1.46. The number of pyridine rings is 1. The lowest BCUT2D eigenvalue weighted by atomic mass is 10.1. The van der Waals surface area contributed by atoms with E-state index in [1.165, 1.54) is 6.20 Å². The molecule has 1 atom stereocenters. The van der Waals surface area contributed by atoms with Gasteiger partial charge in [0.2, 0.25) is 0 Å². The van der Waals surface area contributed by atoms with E-state index in [1.807, 2.05) is 6.07 Å². The summed E-state index contributed by atoms with van der Waals surface area (Å²) in [6, 6.07) is 4.04. The molecule has 0 aromatic carbocycles. The second-order valence-corrected chi connectivity index (χ2v) is 5.12. The van der Waals surface area contributed by atoms with Crippen LogP contribution in [-0.2, 0) is 6.54 Å². The van der Waals surface area contributed by atoms with Crippen molar-refractivity contribution in [2.45, 2.75) is 25.9 Å². The fourth-order valence-electron chi connectivity index (χ4n) is 2.47. The first-order chi connectivity index (χ1) is 9.10. The lowest BCUT2D eigenvalue weighted by Gasteiger charge is -2.39. The summed E-state index contributed by atoms with van der Waals surface area (Å²) in [6.07, 6.45) is 2.59. The summed E-state index contributed by atoms with van der Waals surface area (Å²) in [5, 5.41) is 8.84. The van der Waals surface area contributed by atoms with Crippen LogP contribution in [0.25, 0.3) is 0 Å². The van der Waals surface area contributed by atoms with Crippen molar-refractivity contribution in [3.05, 3.63) is 29.6 Å². The summed E-state index contributed by atoms with van der Waals surface area (Å²) in [5.41, 5.74) is 1.18. The maximum atomic E-state index is 10.8. The summed E-state index contributed by atoms with van der Waals surface area (Å²) in [4.78, 5) is 19.8. The maximum Gasteiger partial charge on any atom is 0.337 e. The normalized spacial score (nSPS) is 21.5. The van der Waals surface area contributed by atoms with E-state index in [4.69, 9.17) is 5.11 Å². The molecule has 1 aromatic rings. The third kappa shape index (κ3) is 3.52. The molecule has 1 N–H and O–H groups in total. The number of aromatic carboxylic acids is 1. The molecule has 0 amide bonds. The van der Waals surface area contributed by atoms with E-state index >= 15 is 0 Å². The molecule has 0 spiro atoms. The first-order valence-electron chi connectivity index (χ1n) is 6.71. The average Bonchev–Trinajstić information content (AvgIpc) is 2.41. The van der Waals surface area contributed by atoms with Crippen molar-refractivity contribution in [2.75, 3.05) is 26.7 Å². The van der Waals surface area contributed by atoms with Gasteiger partial charge in [0.15, 0.2) is 0 Å². The Kier molecular flexibility index (Phi) is 4.50. The van der Waals surface area contributed by atoms with Crippen molar-refractivity contribution < 1.29 is 9.90 Å². The summed E-state index contributed by atoms with van der Waals surface area (Å²) in [6.45, 7) is 6.17. The quantitative estimate of drug-likeness (QED) is 0.887. The number of hydrogen-bond acceptors (Lipinski definition) is 4. The molecule has 0 radical (unpaired) electrons. The molecule has 1 saturated heterocycles. The summed E-state index contributed by atoms with van der Waals surface area (Å²) < 4.78 is 0. The van der Waals surface area contributed by atoms with Crippen molar-refractivity contribution in [3.63, 3.8) is 0 Å². The van der Waals surface area contributed by atoms with Gasteiger partial charge in [-0.3, -0.25) is 9.88 Å². The Balaban J connectivity index is 1.95. The molecule has 1 aliphatic rings. The Morgan fingerprint density at radius 3 is 2.84 bits per heavy atom. The number of likely N-dealkylation sites (N-methyl/N-ethyl adjacent to an activating group) is 1. The second-order valence-electron chi connectivity index (χ2n) is 5.12. The van der Waals surface area contributed by atoms with Crippen molar-refractivity contribution in [3.8, 4) is 0 Å². The summed E-state index contributed by atoms with van der Waals surface area (Å²) in [5.74, 6) is -0.926. The minimum atomic E-state index is -0.926. The van der Waals surface area contributed by atoms with E-state index in [1.54, 1.807) is 6.07 Å². The first kappa shape index (κ1) is 14.0.